The molecular weight excluding hydrogens is 329 g/mol. The van der Waals surface area contributed by atoms with Crippen molar-refractivity contribution in [1.29, 1.82) is 0 Å². The Hall–Kier alpha value is -2.67. The van der Waals surface area contributed by atoms with Crippen molar-refractivity contribution in [2.24, 2.45) is 0 Å². The number of aromatic nitrogens is 3. The summed E-state index contributed by atoms with van der Waals surface area (Å²) in [5.74, 6) is -0.155. The summed E-state index contributed by atoms with van der Waals surface area (Å²) in [6.45, 7) is 2.00. The first-order valence-corrected chi connectivity index (χ1v) is 8.22. The van der Waals surface area contributed by atoms with Crippen LogP contribution in [0.4, 0.5) is 4.39 Å². The third kappa shape index (κ3) is 3.99. The standard InChI is InChI=1S/C17H14FN3O2S/c1-2-13-9-24-17(21-13)6-16(22)11-3-12(18)5-14(4-11)23-15-7-19-10-20-8-15/h3-5,7-10H,2,6H2,1H3. The Morgan fingerprint density at radius 1 is 1.21 bits per heavy atom. The minimum absolute atomic E-state index is 0.141. The number of halogens is 1. The molecule has 0 saturated carbocycles. The highest BCUT2D eigenvalue weighted by molar-refractivity contribution is 7.09. The van der Waals surface area contributed by atoms with Crippen molar-refractivity contribution in [3.63, 3.8) is 0 Å². The zero-order valence-electron chi connectivity index (χ0n) is 12.9. The third-order valence-corrected chi connectivity index (χ3v) is 4.14. The Bertz CT molecular complexity index is 852. The molecule has 0 saturated heterocycles. The average Bonchev–Trinajstić information content (AvgIpc) is 3.03. The lowest BCUT2D eigenvalue weighted by Crippen LogP contribution is -2.04. The van der Waals surface area contributed by atoms with Crippen LogP contribution in [0.25, 0.3) is 0 Å². The molecule has 3 aromatic rings. The lowest BCUT2D eigenvalue weighted by atomic mass is 10.1. The van der Waals surface area contributed by atoms with Crippen molar-refractivity contribution in [3.05, 3.63) is 64.4 Å². The Kier molecular flexibility index (Phi) is 4.90. The number of hydrogen-bond acceptors (Lipinski definition) is 6. The van der Waals surface area contributed by atoms with Gasteiger partial charge < -0.3 is 4.74 Å². The molecule has 0 unspecified atom stereocenters. The quantitative estimate of drug-likeness (QED) is 0.636. The summed E-state index contributed by atoms with van der Waals surface area (Å²) >= 11 is 1.43. The molecule has 0 spiro atoms. The molecular formula is C17H14FN3O2S. The van der Waals surface area contributed by atoms with E-state index in [1.807, 2.05) is 12.3 Å². The van der Waals surface area contributed by atoms with Gasteiger partial charge in [0, 0.05) is 17.0 Å². The van der Waals surface area contributed by atoms with E-state index in [0.717, 1.165) is 17.1 Å². The first-order chi connectivity index (χ1) is 11.6. The molecule has 0 fully saturated rings. The summed E-state index contributed by atoms with van der Waals surface area (Å²) in [7, 11) is 0. The van der Waals surface area contributed by atoms with E-state index >= 15 is 0 Å². The van der Waals surface area contributed by atoms with E-state index < -0.39 is 5.82 Å². The molecule has 0 aliphatic carbocycles. The van der Waals surface area contributed by atoms with Gasteiger partial charge in [0.25, 0.3) is 0 Å². The highest BCUT2D eigenvalue weighted by atomic mass is 32.1. The van der Waals surface area contributed by atoms with Gasteiger partial charge in [-0.1, -0.05) is 6.92 Å². The van der Waals surface area contributed by atoms with Crippen molar-refractivity contribution in [2.75, 3.05) is 0 Å². The fourth-order valence-corrected chi connectivity index (χ4v) is 2.96. The maximum Gasteiger partial charge on any atom is 0.169 e. The van der Waals surface area contributed by atoms with Crippen LogP contribution in [0.2, 0.25) is 0 Å². The molecule has 3 rings (SSSR count). The fraction of sp³-hybridized carbons (Fsp3) is 0.176. The number of carbonyl (C=O) groups excluding carboxylic acids is 1. The maximum absolute atomic E-state index is 13.8. The van der Waals surface area contributed by atoms with Crippen LogP contribution in [-0.2, 0) is 12.8 Å². The van der Waals surface area contributed by atoms with Crippen LogP contribution in [0.1, 0.15) is 28.0 Å². The topological polar surface area (TPSA) is 65.0 Å². The number of nitrogens with zero attached hydrogens (tertiary/aromatic N) is 3. The summed E-state index contributed by atoms with van der Waals surface area (Å²) in [6, 6.07) is 3.92. The molecule has 1 aromatic carbocycles. The van der Waals surface area contributed by atoms with Crippen molar-refractivity contribution in [3.8, 4) is 11.5 Å². The number of hydrogen-bond donors (Lipinski definition) is 0. The molecule has 2 aromatic heterocycles. The maximum atomic E-state index is 13.8. The van der Waals surface area contributed by atoms with Crippen LogP contribution < -0.4 is 4.74 Å². The molecule has 122 valence electrons. The molecule has 0 N–H and O–H groups in total. The number of thiazole rings is 1. The van der Waals surface area contributed by atoms with Gasteiger partial charge in [0.1, 0.15) is 22.9 Å². The number of aryl methyl sites for hydroxylation is 1. The largest absolute Gasteiger partial charge is 0.454 e. The van der Waals surface area contributed by atoms with Gasteiger partial charge in [-0.2, -0.15) is 0 Å². The molecule has 0 radical (unpaired) electrons. The van der Waals surface area contributed by atoms with E-state index in [0.29, 0.717) is 5.75 Å². The second kappa shape index (κ2) is 7.27. The minimum Gasteiger partial charge on any atom is -0.454 e. The summed E-state index contributed by atoms with van der Waals surface area (Å²) < 4.78 is 19.3. The second-order valence-corrected chi connectivity index (χ2v) is 5.98. The smallest absolute Gasteiger partial charge is 0.169 e. The van der Waals surface area contributed by atoms with Crippen LogP contribution in [0.5, 0.6) is 11.5 Å². The van der Waals surface area contributed by atoms with E-state index in [1.54, 1.807) is 0 Å². The number of ketones is 1. The van der Waals surface area contributed by atoms with E-state index in [4.69, 9.17) is 4.74 Å². The number of rotatable bonds is 6. The zero-order chi connectivity index (χ0) is 16.9. The fourth-order valence-electron chi connectivity index (χ4n) is 2.09. The number of ether oxygens (including phenoxy) is 1. The van der Waals surface area contributed by atoms with E-state index in [9.17, 15) is 9.18 Å². The van der Waals surface area contributed by atoms with Gasteiger partial charge in [-0.25, -0.2) is 19.3 Å². The average molecular weight is 343 g/mol. The normalized spacial score (nSPS) is 10.6. The first kappa shape index (κ1) is 16.2. The Balaban J connectivity index is 1.78. The molecule has 0 aliphatic heterocycles. The highest BCUT2D eigenvalue weighted by Gasteiger charge is 2.13. The van der Waals surface area contributed by atoms with Gasteiger partial charge >= 0.3 is 0 Å². The van der Waals surface area contributed by atoms with Crippen molar-refractivity contribution in [2.45, 2.75) is 19.8 Å². The molecule has 7 heteroatoms. The molecule has 5 nitrogen and oxygen atoms in total. The molecule has 2 heterocycles. The van der Waals surface area contributed by atoms with Crippen molar-refractivity contribution >= 4 is 17.1 Å². The predicted molar refractivity (Wildman–Crippen MR) is 88.0 cm³/mol. The Labute approximate surface area is 142 Å². The van der Waals surface area contributed by atoms with E-state index in [1.165, 1.54) is 48.3 Å². The van der Waals surface area contributed by atoms with Gasteiger partial charge in [-0.15, -0.1) is 11.3 Å². The van der Waals surface area contributed by atoms with Gasteiger partial charge in [-0.3, -0.25) is 4.79 Å². The highest BCUT2D eigenvalue weighted by Crippen LogP contribution is 2.23. The lowest BCUT2D eigenvalue weighted by Gasteiger charge is -2.07. The molecule has 0 atom stereocenters. The third-order valence-electron chi connectivity index (χ3n) is 3.24. The molecule has 0 aliphatic rings. The summed E-state index contributed by atoms with van der Waals surface area (Å²) in [6.07, 6.45) is 5.25. The predicted octanol–water partition coefficient (Wildman–Crippen LogP) is 3.85. The summed E-state index contributed by atoms with van der Waals surface area (Å²) in [5, 5.41) is 2.65. The lowest BCUT2D eigenvalue weighted by molar-refractivity contribution is 0.0992. The minimum atomic E-state index is -0.541. The summed E-state index contributed by atoms with van der Waals surface area (Å²) in [5.41, 5.74) is 1.20. The van der Waals surface area contributed by atoms with Gasteiger partial charge in [-0.05, 0) is 18.6 Å². The monoisotopic (exact) mass is 343 g/mol. The van der Waals surface area contributed by atoms with Gasteiger partial charge in [0.15, 0.2) is 11.5 Å². The van der Waals surface area contributed by atoms with Crippen molar-refractivity contribution in [1.82, 2.24) is 15.0 Å². The second-order valence-electron chi connectivity index (χ2n) is 5.04. The first-order valence-electron chi connectivity index (χ1n) is 7.34. The zero-order valence-corrected chi connectivity index (χ0v) is 13.7. The van der Waals surface area contributed by atoms with Crippen molar-refractivity contribution < 1.29 is 13.9 Å². The molecule has 0 amide bonds. The van der Waals surface area contributed by atoms with E-state index in [-0.39, 0.29) is 23.5 Å². The van der Waals surface area contributed by atoms with Gasteiger partial charge in [0.2, 0.25) is 0 Å². The summed E-state index contributed by atoms with van der Waals surface area (Å²) in [4.78, 5) is 24.4. The van der Waals surface area contributed by atoms with Crippen LogP contribution in [0, 0.1) is 5.82 Å². The van der Waals surface area contributed by atoms with E-state index in [2.05, 4.69) is 15.0 Å². The Morgan fingerprint density at radius 2 is 2.00 bits per heavy atom. The van der Waals surface area contributed by atoms with Crippen LogP contribution in [0.3, 0.4) is 0 Å². The van der Waals surface area contributed by atoms with Crippen LogP contribution in [-0.4, -0.2) is 20.7 Å². The molecule has 0 bridgehead atoms. The Morgan fingerprint density at radius 3 is 2.71 bits per heavy atom. The van der Waals surface area contributed by atoms with Gasteiger partial charge in [0.05, 0.1) is 24.5 Å². The number of Topliss-reactive ketones (excluding diaryl/α,β-unsaturated/α-hetero) is 1. The SMILES string of the molecule is CCc1csc(CC(=O)c2cc(F)cc(Oc3cncnc3)c2)n1. The number of benzene rings is 1. The van der Waals surface area contributed by atoms with Crippen LogP contribution >= 0.6 is 11.3 Å². The number of carbonyl (C=O) groups is 1. The molecule has 24 heavy (non-hydrogen) atoms. The van der Waals surface area contributed by atoms with Crippen LogP contribution in [0.15, 0.2) is 42.3 Å².